The zero-order valence-corrected chi connectivity index (χ0v) is 13.5. The number of rotatable bonds is 4. The van der Waals surface area contributed by atoms with E-state index in [1.165, 1.54) is 4.88 Å². The Kier molecular flexibility index (Phi) is 3.64. The van der Waals surface area contributed by atoms with Gasteiger partial charge in [0.1, 0.15) is 4.75 Å². The van der Waals surface area contributed by atoms with Crippen molar-refractivity contribution in [3.05, 3.63) is 16.1 Å². The zero-order valence-electron chi connectivity index (χ0n) is 11.8. The predicted octanol–water partition coefficient (Wildman–Crippen LogP) is 1.09. The number of aromatic nitrogens is 1. The summed E-state index contributed by atoms with van der Waals surface area (Å²) in [5, 5.41) is 0. The Morgan fingerprint density at radius 2 is 2.30 bits per heavy atom. The van der Waals surface area contributed by atoms with Crippen molar-refractivity contribution in [2.45, 2.75) is 24.6 Å². The number of thiazole rings is 1. The van der Waals surface area contributed by atoms with Crippen LogP contribution in [0.1, 0.15) is 17.0 Å². The standard InChI is InChI=1S/C13H20N2O3S2/c1-10-12(19-9-14-10)5-15-7-13(8-15)11(6-18-2)3-4-20(13,16)17/h9,11H,3-8H2,1-2H3/t11-/m1/s1. The molecule has 2 fully saturated rings. The van der Waals surface area contributed by atoms with Crippen molar-refractivity contribution >= 4 is 21.2 Å². The molecule has 0 bridgehead atoms. The normalized spacial score (nSPS) is 27.8. The van der Waals surface area contributed by atoms with Gasteiger partial charge in [-0.1, -0.05) is 0 Å². The number of ether oxygens (including phenoxy) is 1. The fourth-order valence-corrected chi connectivity index (χ4v) is 6.68. The summed E-state index contributed by atoms with van der Waals surface area (Å²) in [6, 6.07) is 0. The number of hydrogen-bond donors (Lipinski definition) is 0. The Bertz CT molecular complexity index is 591. The third-order valence-electron chi connectivity index (χ3n) is 4.66. The second kappa shape index (κ2) is 5.05. The minimum absolute atomic E-state index is 0.149. The summed E-state index contributed by atoms with van der Waals surface area (Å²) in [7, 11) is -1.33. The van der Waals surface area contributed by atoms with Gasteiger partial charge in [0.05, 0.1) is 23.6 Å². The Morgan fingerprint density at radius 3 is 2.90 bits per heavy atom. The number of hydrogen-bond acceptors (Lipinski definition) is 6. The molecule has 5 nitrogen and oxygen atoms in total. The smallest absolute Gasteiger partial charge is 0.158 e. The Morgan fingerprint density at radius 1 is 1.55 bits per heavy atom. The molecular formula is C13H20N2O3S2. The van der Waals surface area contributed by atoms with Gasteiger partial charge in [0, 0.05) is 37.5 Å². The van der Waals surface area contributed by atoms with Crippen LogP contribution in [0.2, 0.25) is 0 Å². The molecule has 0 N–H and O–H groups in total. The molecule has 112 valence electrons. The zero-order chi connectivity index (χ0) is 14.4. The Balaban J connectivity index is 1.71. The van der Waals surface area contributed by atoms with Gasteiger partial charge in [-0.25, -0.2) is 13.4 Å². The highest BCUT2D eigenvalue weighted by atomic mass is 32.2. The van der Waals surface area contributed by atoms with Crippen LogP contribution < -0.4 is 0 Å². The largest absolute Gasteiger partial charge is 0.384 e. The van der Waals surface area contributed by atoms with Gasteiger partial charge in [0.15, 0.2) is 9.84 Å². The maximum atomic E-state index is 12.4. The Hall–Kier alpha value is -0.500. The van der Waals surface area contributed by atoms with Gasteiger partial charge in [-0.2, -0.15) is 0 Å². The average molecular weight is 316 g/mol. The summed E-state index contributed by atoms with van der Waals surface area (Å²) in [4.78, 5) is 7.69. The summed E-state index contributed by atoms with van der Waals surface area (Å²) in [5.41, 5.74) is 2.90. The molecule has 1 spiro atoms. The van der Waals surface area contributed by atoms with Crippen LogP contribution in [0.25, 0.3) is 0 Å². The summed E-state index contributed by atoms with van der Waals surface area (Å²) in [6.45, 7) is 4.64. The highest BCUT2D eigenvalue weighted by Crippen LogP contribution is 2.45. The van der Waals surface area contributed by atoms with E-state index in [1.54, 1.807) is 18.4 Å². The quantitative estimate of drug-likeness (QED) is 0.832. The number of aryl methyl sites for hydroxylation is 1. The minimum Gasteiger partial charge on any atom is -0.384 e. The van der Waals surface area contributed by atoms with Crippen LogP contribution >= 0.6 is 11.3 Å². The van der Waals surface area contributed by atoms with Crippen LogP contribution in [0, 0.1) is 12.8 Å². The molecule has 0 aromatic carbocycles. The van der Waals surface area contributed by atoms with Gasteiger partial charge < -0.3 is 4.74 Å². The lowest BCUT2D eigenvalue weighted by Crippen LogP contribution is -2.67. The average Bonchev–Trinajstić information content (AvgIpc) is 2.84. The van der Waals surface area contributed by atoms with Crippen molar-refractivity contribution in [1.29, 1.82) is 0 Å². The highest BCUT2D eigenvalue weighted by molar-refractivity contribution is 7.93. The van der Waals surface area contributed by atoms with Crippen LogP contribution in [-0.4, -0.2) is 55.6 Å². The molecule has 0 saturated carbocycles. The van der Waals surface area contributed by atoms with E-state index < -0.39 is 14.6 Å². The summed E-state index contributed by atoms with van der Waals surface area (Å²) in [6.07, 6.45) is 0.740. The molecule has 1 atom stereocenters. The van der Waals surface area contributed by atoms with Crippen molar-refractivity contribution in [2.75, 3.05) is 32.6 Å². The molecule has 2 aliphatic heterocycles. The van der Waals surface area contributed by atoms with Crippen molar-refractivity contribution < 1.29 is 13.2 Å². The molecule has 7 heteroatoms. The lowest BCUT2D eigenvalue weighted by molar-refractivity contribution is 0.0416. The van der Waals surface area contributed by atoms with Gasteiger partial charge in [-0.05, 0) is 13.3 Å². The molecule has 3 rings (SSSR count). The van der Waals surface area contributed by atoms with Crippen molar-refractivity contribution in [3.8, 4) is 0 Å². The van der Waals surface area contributed by atoms with Crippen molar-refractivity contribution in [2.24, 2.45) is 5.92 Å². The summed E-state index contributed by atoms with van der Waals surface area (Å²) in [5.74, 6) is 0.463. The second-order valence-electron chi connectivity index (χ2n) is 5.83. The Labute approximate surface area is 123 Å². The maximum Gasteiger partial charge on any atom is 0.158 e. The van der Waals surface area contributed by atoms with Gasteiger partial charge in [-0.3, -0.25) is 4.90 Å². The van der Waals surface area contributed by atoms with Crippen molar-refractivity contribution in [3.63, 3.8) is 0 Å². The summed E-state index contributed by atoms with van der Waals surface area (Å²) < 4.78 is 29.4. The van der Waals surface area contributed by atoms with Crippen LogP contribution in [0.4, 0.5) is 0 Å². The van der Waals surface area contributed by atoms with E-state index in [1.807, 2.05) is 12.4 Å². The lowest BCUT2D eigenvalue weighted by atomic mass is 9.83. The second-order valence-corrected chi connectivity index (χ2v) is 9.22. The monoisotopic (exact) mass is 316 g/mol. The molecule has 0 radical (unpaired) electrons. The van der Waals surface area contributed by atoms with Crippen LogP contribution in [0.15, 0.2) is 5.51 Å². The number of sulfone groups is 1. The van der Waals surface area contributed by atoms with Crippen LogP contribution in [0.5, 0.6) is 0 Å². The predicted molar refractivity (Wildman–Crippen MR) is 78.6 cm³/mol. The number of likely N-dealkylation sites (tertiary alicyclic amines) is 1. The van der Waals surface area contributed by atoms with E-state index in [0.717, 1.165) is 18.7 Å². The first-order valence-electron chi connectivity index (χ1n) is 6.81. The van der Waals surface area contributed by atoms with E-state index in [4.69, 9.17) is 4.74 Å². The van der Waals surface area contributed by atoms with Crippen LogP contribution in [0.3, 0.4) is 0 Å². The molecular weight excluding hydrogens is 296 g/mol. The molecule has 1 aromatic rings. The van der Waals surface area contributed by atoms with Crippen LogP contribution in [-0.2, 0) is 21.1 Å². The lowest BCUT2D eigenvalue weighted by Gasteiger charge is -2.49. The number of nitrogens with zero attached hydrogens (tertiary/aromatic N) is 2. The SMILES string of the molecule is COC[C@H]1CCS(=O)(=O)C12CN(Cc1scnc1C)C2. The maximum absolute atomic E-state index is 12.4. The minimum atomic E-state index is -2.98. The first kappa shape index (κ1) is 14.4. The van der Waals surface area contributed by atoms with Gasteiger partial charge in [0.2, 0.25) is 0 Å². The van der Waals surface area contributed by atoms with E-state index in [2.05, 4.69) is 9.88 Å². The molecule has 0 aliphatic carbocycles. The topological polar surface area (TPSA) is 59.5 Å². The first-order chi connectivity index (χ1) is 9.48. The fourth-order valence-electron chi connectivity index (χ4n) is 3.41. The number of methoxy groups -OCH3 is 1. The van der Waals surface area contributed by atoms with Gasteiger partial charge in [-0.15, -0.1) is 11.3 Å². The fraction of sp³-hybridized carbons (Fsp3) is 0.769. The van der Waals surface area contributed by atoms with E-state index >= 15 is 0 Å². The molecule has 20 heavy (non-hydrogen) atoms. The molecule has 1 aromatic heterocycles. The van der Waals surface area contributed by atoms with Gasteiger partial charge >= 0.3 is 0 Å². The molecule has 0 amide bonds. The third kappa shape index (κ3) is 2.11. The molecule has 2 aliphatic rings. The molecule has 0 unspecified atom stereocenters. The molecule has 3 heterocycles. The van der Waals surface area contributed by atoms with E-state index in [-0.39, 0.29) is 5.92 Å². The van der Waals surface area contributed by atoms with Crippen molar-refractivity contribution in [1.82, 2.24) is 9.88 Å². The molecule has 2 saturated heterocycles. The third-order valence-corrected chi connectivity index (χ3v) is 8.18. The van der Waals surface area contributed by atoms with E-state index in [9.17, 15) is 8.42 Å². The highest BCUT2D eigenvalue weighted by Gasteiger charge is 2.61. The van der Waals surface area contributed by atoms with Gasteiger partial charge in [0.25, 0.3) is 0 Å². The van der Waals surface area contributed by atoms with E-state index in [0.29, 0.717) is 25.4 Å². The summed E-state index contributed by atoms with van der Waals surface area (Å²) >= 11 is 1.64. The first-order valence-corrected chi connectivity index (χ1v) is 9.34.